The van der Waals surface area contributed by atoms with Gasteiger partial charge in [-0.1, -0.05) is 54.1 Å². The lowest BCUT2D eigenvalue weighted by Gasteiger charge is -2.11. The molecule has 154 valence electrons. The Labute approximate surface area is 180 Å². The fraction of sp³-hybridized carbons (Fsp3) is 0. The molecular formula is C21H14ClN5O4. The molecule has 0 radical (unpaired) electrons. The molecule has 0 unspecified atom stereocenters. The smallest absolute Gasteiger partial charge is 0.374 e. The van der Waals surface area contributed by atoms with Crippen molar-refractivity contribution in [2.45, 2.75) is 0 Å². The summed E-state index contributed by atoms with van der Waals surface area (Å²) >= 11 is 6.00. The van der Waals surface area contributed by atoms with Gasteiger partial charge in [0.2, 0.25) is 5.82 Å². The standard InChI is InChI=1S/C21H14ClN5O4/c22-17-8-4-3-7-16(17)20(28)26-25-19-18(27(29)30)21(24-12-23-19)31-15-10-9-13-5-1-2-6-14(13)11-15/h1-12H,(H,26,28)(H,23,24,25). The minimum absolute atomic E-state index is 0.195. The van der Waals surface area contributed by atoms with Gasteiger partial charge in [0.25, 0.3) is 5.91 Å². The van der Waals surface area contributed by atoms with Gasteiger partial charge in [-0.3, -0.25) is 25.8 Å². The molecule has 0 saturated heterocycles. The predicted molar refractivity (Wildman–Crippen MR) is 115 cm³/mol. The monoisotopic (exact) mass is 435 g/mol. The lowest BCUT2D eigenvalue weighted by atomic mass is 10.1. The van der Waals surface area contributed by atoms with E-state index in [-0.39, 0.29) is 22.3 Å². The zero-order valence-electron chi connectivity index (χ0n) is 15.8. The number of nitrogens with zero attached hydrogens (tertiary/aromatic N) is 3. The molecule has 3 aromatic carbocycles. The number of ether oxygens (including phenoxy) is 1. The number of carbonyl (C=O) groups is 1. The first-order chi connectivity index (χ1) is 15.0. The van der Waals surface area contributed by atoms with Crippen molar-refractivity contribution in [2.75, 3.05) is 5.43 Å². The number of hydrogen-bond acceptors (Lipinski definition) is 7. The highest BCUT2D eigenvalue weighted by Crippen LogP contribution is 2.34. The van der Waals surface area contributed by atoms with Crippen LogP contribution in [-0.4, -0.2) is 20.8 Å². The van der Waals surface area contributed by atoms with Crippen LogP contribution in [0, 0.1) is 10.1 Å². The summed E-state index contributed by atoms with van der Waals surface area (Å²) in [6.07, 6.45) is 1.09. The molecule has 0 saturated carbocycles. The largest absolute Gasteiger partial charge is 0.434 e. The Morgan fingerprint density at radius 2 is 1.74 bits per heavy atom. The molecule has 1 amide bonds. The lowest BCUT2D eigenvalue weighted by Crippen LogP contribution is -2.30. The number of nitro groups is 1. The third-order valence-corrected chi connectivity index (χ3v) is 4.65. The molecule has 1 aromatic heterocycles. The van der Waals surface area contributed by atoms with Crippen LogP contribution >= 0.6 is 11.6 Å². The van der Waals surface area contributed by atoms with E-state index < -0.39 is 16.5 Å². The quantitative estimate of drug-likeness (QED) is 0.331. The summed E-state index contributed by atoms with van der Waals surface area (Å²) in [5, 5.41) is 13.8. The first-order valence-electron chi connectivity index (χ1n) is 9.00. The minimum Gasteiger partial charge on any atom is -0.434 e. The molecule has 10 heteroatoms. The maximum Gasteiger partial charge on any atom is 0.374 e. The van der Waals surface area contributed by atoms with Crippen molar-refractivity contribution >= 4 is 39.8 Å². The molecule has 4 rings (SSSR count). The summed E-state index contributed by atoms with van der Waals surface area (Å²) in [5.41, 5.74) is 4.45. The first kappa shape index (κ1) is 20.0. The van der Waals surface area contributed by atoms with Gasteiger partial charge in [0, 0.05) is 0 Å². The molecule has 4 aromatic rings. The molecule has 0 bridgehead atoms. The number of amides is 1. The van der Waals surface area contributed by atoms with Gasteiger partial charge in [0.15, 0.2) is 0 Å². The number of anilines is 1. The number of benzene rings is 3. The number of halogens is 1. The normalized spacial score (nSPS) is 10.5. The van der Waals surface area contributed by atoms with Crippen molar-refractivity contribution in [3.8, 4) is 11.6 Å². The molecule has 9 nitrogen and oxygen atoms in total. The van der Waals surface area contributed by atoms with Crippen molar-refractivity contribution in [3.05, 3.63) is 93.8 Å². The Hall–Kier alpha value is -4.24. The first-order valence-corrected chi connectivity index (χ1v) is 9.37. The third-order valence-electron chi connectivity index (χ3n) is 4.32. The van der Waals surface area contributed by atoms with Crippen LogP contribution in [-0.2, 0) is 0 Å². The highest BCUT2D eigenvalue weighted by molar-refractivity contribution is 6.33. The summed E-state index contributed by atoms with van der Waals surface area (Å²) in [4.78, 5) is 31.0. The summed E-state index contributed by atoms with van der Waals surface area (Å²) in [5.74, 6) is -0.733. The second-order valence-corrected chi connectivity index (χ2v) is 6.71. The number of nitrogens with one attached hydrogen (secondary N) is 2. The fourth-order valence-corrected chi connectivity index (χ4v) is 3.09. The van der Waals surface area contributed by atoms with Crippen LogP contribution in [0.1, 0.15) is 10.4 Å². The number of carbonyl (C=O) groups excluding carboxylic acids is 1. The third kappa shape index (κ3) is 4.36. The molecule has 0 spiro atoms. The molecule has 31 heavy (non-hydrogen) atoms. The van der Waals surface area contributed by atoms with Gasteiger partial charge in [0.1, 0.15) is 12.1 Å². The van der Waals surface area contributed by atoms with E-state index in [9.17, 15) is 14.9 Å². The van der Waals surface area contributed by atoms with Gasteiger partial charge in [-0.2, -0.15) is 4.98 Å². The highest BCUT2D eigenvalue weighted by Gasteiger charge is 2.26. The summed E-state index contributed by atoms with van der Waals surface area (Å²) in [7, 11) is 0. The molecule has 0 atom stereocenters. The van der Waals surface area contributed by atoms with Crippen molar-refractivity contribution in [3.63, 3.8) is 0 Å². The van der Waals surface area contributed by atoms with E-state index in [1.54, 1.807) is 30.3 Å². The van der Waals surface area contributed by atoms with Gasteiger partial charge in [-0.15, -0.1) is 0 Å². The number of rotatable bonds is 6. The molecule has 0 fully saturated rings. The van der Waals surface area contributed by atoms with Crippen LogP contribution in [0.2, 0.25) is 5.02 Å². The van der Waals surface area contributed by atoms with Crippen molar-refractivity contribution in [1.82, 2.24) is 15.4 Å². The van der Waals surface area contributed by atoms with Crippen molar-refractivity contribution < 1.29 is 14.5 Å². The summed E-state index contributed by atoms with van der Waals surface area (Å²) in [6.45, 7) is 0. The van der Waals surface area contributed by atoms with Gasteiger partial charge in [-0.05, 0) is 35.0 Å². The van der Waals surface area contributed by atoms with E-state index in [0.29, 0.717) is 5.75 Å². The van der Waals surface area contributed by atoms with Crippen LogP contribution in [0.25, 0.3) is 10.8 Å². The number of hydrogen-bond donors (Lipinski definition) is 2. The SMILES string of the molecule is O=C(NNc1ncnc(Oc2ccc3ccccc3c2)c1[N+](=O)[O-])c1ccccc1Cl. The fourth-order valence-electron chi connectivity index (χ4n) is 2.86. The Kier molecular flexibility index (Phi) is 5.59. The topological polar surface area (TPSA) is 119 Å². The zero-order valence-corrected chi connectivity index (χ0v) is 16.5. The average molecular weight is 436 g/mol. The van der Waals surface area contributed by atoms with Gasteiger partial charge in [-0.25, -0.2) is 4.98 Å². The molecule has 0 aliphatic rings. The van der Waals surface area contributed by atoms with Crippen LogP contribution in [0.15, 0.2) is 73.1 Å². The van der Waals surface area contributed by atoms with Crippen molar-refractivity contribution in [1.29, 1.82) is 0 Å². The lowest BCUT2D eigenvalue weighted by molar-refractivity contribution is -0.385. The molecule has 2 N–H and O–H groups in total. The van der Waals surface area contributed by atoms with Gasteiger partial charge < -0.3 is 4.74 Å². The van der Waals surface area contributed by atoms with Gasteiger partial charge >= 0.3 is 11.6 Å². The molecule has 0 aliphatic heterocycles. The van der Waals surface area contributed by atoms with Crippen LogP contribution in [0.4, 0.5) is 11.5 Å². The second-order valence-electron chi connectivity index (χ2n) is 6.30. The van der Waals surface area contributed by atoms with Crippen LogP contribution in [0.3, 0.4) is 0 Å². The van der Waals surface area contributed by atoms with Crippen LogP contribution in [0.5, 0.6) is 11.6 Å². The average Bonchev–Trinajstić information content (AvgIpc) is 2.77. The Morgan fingerprint density at radius 1 is 1.00 bits per heavy atom. The maximum absolute atomic E-state index is 12.3. The van der Waals surface area contributed by atoms with E-state index >= 15 is 0 Å². The van der Waals surface area contributed by atoms with E-state index in [4.69, 9.17) is 16.3 Å². The van der Waals surface area contributed by atoms with Gasteiger partial charge in [0.05, 0.1) is 15.5 Å². The van der Waals surface area contributed by atoms with Crippen LogP contribution < -0.4 is 15.6 Å². The van der Waals surface area contributed by atoms with E-state index in [0.717, 1.165) is 17.1 Å². The highest BCUT2D eigenvalue weighted by atomic mass is 35.5. The Morgan fingerprint density at radius 3 is 2.52 bits per heavy atom. The second kappa shape index (κ2) is 8.64. The van der Waals surface area contributed by atoms with Crippen molar-refractivity contribution in [2.24, 2.45) is 0 Å². The molecule has 1 heterocycles. The number of aromatic nitrogens is 2. The number of fused-ring (bicyclic) bond motifs is 1. The summed E-state index contributed by atoms with van der Waals surface area (Å²) in [6, 6.07) is 19.3. The zero-order chi connectivity index (χ0) is 21.8. The Bertz CT molecular complexity index is 1300. The summed E-state index contributed by atoms with van der Waals surface area (Å²) < 4.78 is 5.66. The maximum atomic E-state index is 12.3. The van der Waals surface area contributed by atoms with E-state index in [1.807, 2.05) is 30.3 Å². The minimum atomic E-state index is -0.694. The Balaban J connectivity index is 1.59. The van der Waals surface area contributed by atoms with E-state index in [2.05, 4.69) is 20.8 Å². The van der Waals surface area contributed by atoms with E-state index in [1.165, 1.54) is 6.07 Å². The number of hydrazine groups is 1. The molecule has 0 aliphatic carbocycles. The predicted octanol–water partition coefficient (Wildman–Crippen LogP) is 4.74. The molecular weight excluding hydrogens is 422 g/mol.